The number of furan rings is 1. The zero-order valence-electron chi connectivity index (χ0n) is 35.8. The van der Waals surface area contributed by atoms with Crippen LogP contribution >= 0.6 is 0 Å². The van der Waals surface area contributed by atoms with Gasteiger partial charge in [-0.25, -0.2) is 4.79 Å². The van der Waals surface area contributed by atoms with E-state index in [-0.39, 0.29) is 53.6 Å². The molecule has 5 aliphatic heterocycles. The zero-order chi connectivity index (χ0) is 43.3. The second kappa shape index (κ2) is 16.5. The van der Waals surface area contributed by atoms with Gasteiger partial charge >= 0.3 is 5.97 Å². The monoisotopic (exact) mass is 851 g/mol. The van der Waals surface area contributed by atoms with Crippen molar-refractivity contribution in [3.8, 4) is 11.5 Å². The van der Waals surface area contributed by atoms with Crippen molar-refractivity contribution in [1.29, 1.82) is 0 Å². The number of hydrogen-bond acceptors (Lipinski definition) is 9. The third-order valence-corrected chi connectivity index (χ3v) is 19.1. The molecule has 14 nitrogen and oxygen atoms in total. The van der Waals surface area contributed by atoms with Crippen LogP contribution in [0, 0.1) is 22.0 Å². The Bertz CT molecular complexity index is 2410. The van der Waals surface area contributed by atoms with Crippen LogP contribution in [0.1, 0.15) is 40.2 Å². The van der Waals surface area contributed by atoms with Gasteiger partial charge in [0, 0.05) is 29.0 Å². The van der Waals surface area contributed by atoms with Gasteiger partial charge in [-0.3, -0.25) is 19.7 Å². The molecule has 9 rings (SSSR count). The number of nitro benzene ring substituents is 1. The first kappa shape index (κ1) is 42.3. The summed E-state index contributed by atoms with van der Waals surface area (Å²) in [5.41, 5.74) is 9.01. The number of β-lactam (4-membered cyclic amide) rings is 1. The van der Waals surface area contributed by atoms with Crippen LogP contribution in [0.25, 0.3) is 21.9 Å². The topological polar surface area (TPSA) is 164 Å². The summed E-state index contributed by atoms with van der Waals surface area (Å²) in [6.07, 6.45) is 3.38. The number of amides is 2. The van der Waals surface area contributed by atoms with E-state index in [2.05, 4.69) is 39.0 Å². The summed E-state index contributed by atoms with van der Waals surface area (Å²) in [6.45, 7) is 18.0. The number of nitrogens with two attached hydrogens (primary N) is 1. The minimum absolute atomic E-state index is 0.125. The molecule has 4 saturated heterocycles. The highest BCUT2D eigenvalue weighted by molar-refractivity contribution is 6.73. The van der Waals surface area contributed by atoms with Gasteiger partial charge in [-0.2, -0.15) is 0 Å². The van der Waals surface area contributed by atoms with Crippen molar-refractivity contribution in [1.82, 2.24) is 4.90 Å². The Hall–Kier alpha value is -5.35. The maximum absolute atomic E-state index is 14.0. The SMILES string of the molecule is CC[Si](CC)(CC)O[C@H](C)[C@H]1C(=O)N2C(C(=O)Oc3ccc([N+](=O)[O-])cc3)=C(/C=C/COc3cccc4oc5cc(C[N+]67CC[N+](CC(N)=O)(CC6)CC7)ccc5c34)[C@H](C)[C@H]12. The minimum atomic E-state index is -2.03. The molecular weight excluding hydrogens is 795 g/mol. The predicted octanol–water partition coefficient (Wildman–Crippen LogP) is 6.82. The number of benzene rings is 3. The largest absolute Gasteiger partial charge is 0.489 e. The molecule has 0 aliphatic carbocycles. The van der Waals surface area contributed by atoms with E-state index in [1.165, 1.54) is 29.8 Å². The summed E-state index contributed by atoms with van der Waals surface area (Å²) in [6, 6.07) is 20.1. The van der Waals surface area contributed by atoms with Crippen molar-refractivity contribution in [2.24, 2.45) is 17.6 Å². The first-order valence-electron chi connectivity index (χ1n) is 21.7. The standard InChI is InChI=1S/C46H56N5O9Si/c1-6-61(7-2,8-3)60-31(5)41-43-30(4)35(44(48(43)45(41)53)46(54)58-34-17-15-33(16-18-34)49(55)56)11-10-26-57-37-12-9-13-38-42(37)36-19-14-32(27-39(36)59-38)28-50-20-23-51(24-21-50,25-22-50)29-40(47)52/h9-19,27,30-31,41,43H,6-8,20-26,28-29H2,1-5H3,(H-,47,52)/q+1/p+1/b11-10+/t30-,31+,41+,43+,50?,51?/m0/s1. The van der Waals surface area contributed by atoms with E-state index in [1.807, 2.05) is 44.2 Å². The number of carbonyl (C=O) groups excluding carboxylic acids is 3. The molecule has 4 aromatic rings. The molecule has 2 N–H and O–H groups in total. The van der Waals surface area contributed by atoms with E-state index in [0.29, 0.717) is 17.9 Å². The van der Waals surface area contributed by atoms with Crippen LogP contribution in [0.2, 0.25) is 18.1 Å². The molecule has 0 radical (unpaired) electrons. The van der Waals surface area contributed by atoms with Crippen molar-refractivity contribution in [3.05, 3.63) is 99.8 Å². The molecule has 61 heavy (non-hydrogen) atoms. The Morgan fingerprint density at radius 2 is 1.66 bits per heavy atom. The molecule has 15 heteroatoms. The molecule has 6 heterocycles. The quantitative estimate of drug-likeness (QED) is 0.0228. The number of allylic oxidation sites excluding steroid dienone is 1. The number of nitrogens with zero attached hydrogens (tertiary/aromatic N) is 4. The van der Waals surface area contributed by atoms with E-state index in [0.717, 1.165) is 94.9 Å². The highest BCUT2D eigenvalue weighted by Gasteiger charge is 2.60. The number of ether oxygens (including phenoxy) is 2. The molecule has 3 aromatic carbocycles. The number of hydrogen-bond donors (Lipinski definition) is 1. The van der Waals surface area contributed by atoms with Crippen LogP contribution in [0.4, 0.5) is 5.69 Å². The Morgan fingerprint density at radius 1 is 0.984 bits per heavy atom. The minimum Gasteiger partial charge on any atom is -0.489 e. The summed E-state index contributed by atoms with van der Waals surface area (Å²) in [4.78, 5) is 52.0. The number of piperazine rings is 3. The Labute approximate surface area is 356 Å². The van der Waals surface area contributed by atoms with Gasteiger partial charge in [-0.15, -0.1) is 0 Å². The van der Waals surface area contributed by atoms with E-state index >= 15 is 0 Å². The summed E-state index contributed by atoms with van der Waals surface area (Å²) in [5, 5.41) is 13.1. The van der Waals surface area contributed by atoms with E-state index in [9.17, 15) is 24.5 Å². The summed E-state index contributed by atoms with van der Waals surface area (Å²) in [7, 11) is -2.03. The van der Waals surface area contributed by atoms with Gasteiger partial charge in [0.1, 0.15) is 80.8 Å². The number of esters is 1. The molecule has 5 aliphatic rings. The Kier molecular flexibility index (Phi) is 11.4. The van der Waals surface area contributed by atoms with Crippen molar-refractivity contribution in [2.75, 3.05) is 52.4 Å². The second-order valence-corrected chi connectivity index (χ2v) is 22.3. The summed E-state index contributed by atoms with van der Waals surface area (Å²) < 4.78 is 27.2. The molecule has 4 atom stereocenters. The van der Waals surface area contributed by atoms with E-state index in [1.54, 1.807) is 4.90 Å². The lowest BCUT2D eigenvalue weighted by Crippen LogP contribution is -2.75. The molecule has 322 valence electrons. The molecular formula is C46H57N5O9Si+2. The molecule has 2 bridgehead atoms. The number of nitro groups is 1. The Balaban J connectivity index is 1.01. The summed E-state index contributed by atoms with van der Waals surface area (Å²) in [5.74, 6) is -0.931. The van der Waals surface area contributed by atoms with Gasteiger partial charge in [0.15, 0.2) is 14.9 Å². The number of fused-ring (bicyclic) bond motifs is 7. The number of non-ortho nitro benzene ring substituents is 1. The fourth-order valence-corrected chi connectivity index (χ4v) is 13.5. The first-order valence-corrected chi connectivity index (χ1v) is 24.2. The van der Waals surface area contributed by atoms with Crippen LogP contribution in [0.3, 0.4) is 0 Å². The molecule has 0 unspecified atom stereocenters. The normalized spacial score (nSPS) is 25.3. The van der Waals surface area contributed by atoms with Crippen molar-refractivity contribution in [3.63, 3.8) is 0 Å². The predicted molar refractivity (Wildman–Crippen MR) is 233 cm³/mol. The van der Waals surface area contributed by atoms with Crippen LogP contribution < -0.4 is 15.2 Å². The van der Waals surface area contributed by atoms with E-state index < -0.39 is 25.1 Å². The number of quaternary nitrogens is 2. The number of carbonyl (C=O) groups is 3. The molecule has 0 saturated carbocycles. The maximum Gasteiger partial charge on any atom is 0.360 e. The fourth-order valence-electron chi connectivity index (χ4n) is 10.6. The summed E-state index contributed by atoms with van der Waals surface area (Å²) >= 11 is 0. The van der Waals surface area contributed by atoms with Crippen molar-refractivity contribution in [2.45, 2.75) is 71.4 Å². The second-order valence-electron chi connectivity index (χ2n) is 17.6. The average Bonchev–Trinajstić information content (AvgIpc) is 3.74. The molecule has 0 spiro atoms. The average molecular weight is 852 g/mol. The van der Waals surface area contributed by atoms with Gasteiger partial charge in [-0.1, -0.05) is 45.9 Å². The lowest BCUT2D eigenvalue weighted by atomic mass is 9.77. The number of rotatable bonds is 17. The van der Waals surface area contributed by atoms with Crippen LogP contribution in [-0.4, -0.2) is 109 Å². The van der Waals surface area contributed by atoms with Crippen molar-refractivity contribution < 1.29 is 46.6 Å². The lowest BCUT2D eigenvalue weighted by molar-refractivity contribution is -1.08. The van der Waals surface area contributed by atoms with Crippen LogP contribution in [0.15, 0.2) is 88.5 Å². The van der Waals surface area contributed by atoms with Crippen molar-refractivity contribution >= 4 is 53.7 Å². The van der Waals surface area contributed by atoms with Gasteiger partial charge in [-0.05, 0) is 73.1 Å². The molecule has 2 amide bonds. The lowest BCUT2D eigenvalue weighted by Gasteiger charge is -2.55. The zero-order valence-corrected chi connectivity index (χ0v) is 36.8. The van der Waals surface area contributed by atoms with Gasteiger partial charge in [0.25, 0.3) is 11.6 Å². The van der Waals surface area contributed by atoms with Gasteiger partial charge in [0.2, 0.25) is 5.91 Å². The third kappa shape index (κ3) is 7.77. The maximum atomic E-state index is 14.0. The Morgan fingerprint density at radius 3 is 2.30 bits per heavy atom. The van der Waals surface area contributed by atoms with E-state index in [4.69, 9.17) is 24.1 Å². The third-order valence-electron chi connectivity index (χ3n) is 14.3. The molecule has 4 fully saturated rings. The van der Waals surface area contributed by atoms with Gasteiger partial charge in [0.05, 0.1) is 28.4 Å². The first-order chi connectivity index (χ1) is 29.2. The van der Waals surface area contributed by atoms with Crippen LogP contribution in [-0.2, 0) is 25.4 Å². The highest BCUT2D eigenvalue weighted by Crippen LogP contribution is 2.49. The molecule has 1 aromatic heterocycles. The fraction of sp³-hybridized carbons (Fsp3) is 0.457. The van der Waals surface area contributed by atoms with Gasteiger partial charge < -0.3 is 37.9 Å². The van der Waals surface area contributed by atoms with Crippen LogP contribution in [0.5, 0.6) is 11.5 Å². The highest BCUT2D eigenvalue weighted by atomic mass is 28.4. The number of primary amides is 1. The smallest absolute Gasteiger partial charge is 0.360 e.